The van der Waals surface area contributed by atoms with Crippen LogP contribution in [0.25, 0.3) is 0 Å². The quantitative estimate of drug-likeness (QED) is 0.873. The molecule has 0 radical (unpaired) electrons. The van der Waals surface area contributed by atoms with Gasteiger partial charge in [-0.05, 0) is 37.5 Å². The van der Waals surface area contributed by atoms with Gasteiger partial charge in [-0.15, -0.1) is 0 Å². The molecule has 4 heteroatoms. The molecule has 0 spiro atoms. The first kappa shape index (κ1) is 16.4. The second-order valence-corrected chi connectivity index (χ2v) is 6.13. The predicted molar refractivity (Wildman–Crippen MR) is 88.1 cm³/mol. The van der Waals surface area contributed by atoms with E-state index in [0.717, 1.165) is 32.6 Å². The van der Waals surface area contributed by atoms with Gasteiger partial charge in [0.25, 0.3) is 0 Å². The lowest BCUT2D eigenvalue weighted by molar-refractivity contribution is 0.0628. The molecule has 2 rings (SSSR count). The molecular weight excluding hydrogens is 260 g/mol. The fourth-order valence-electron chi connectivity index (χ4n) is 3.23. The van der Waals surface area contributed by atoms with Crippen molar-refractivity contribution in [2.24, 2.45) is 5.73 Å². The zero-order valence-electron chi connectivity index (χ0n) is 13.7. The SMILES string of the molecule is CCC(N)C(c1ccncc1)N1CCN(C(C)CC)CC1. The molecular formula is C17H30N4. The topological polar surface area (TPSA) is 45.4 Å². The highest BCUT2D eigenvalue weighted by molar-refractivity contribution is 5.17. The van der Waals surface area contributed by atoms with Gasteiger partial charge in [-0.25, -0.2) is 0 Å². The molecule has 1 aromatic heterocycles. The lowest BCUT2D eigenvalue weighted by Gasteiger charge is -2.43. The van der Waals surface area contributed by atoms with Crippen LogP contribution >= 0.6 is 0 Å². The van der Waals surface area contributed by atoms with Gasteiger partial charge in [0.15, 0.2) is 0 Å². The van der Waals surface area contributed by atoms with Crippen LogP contribution in [0.2, 0.25) is 0 Å². The van der Waals surface area contributed by atoms with Crippen LogP contribution in [0.3, 0.4) is 0 Å². The van der Waals surface area contributed by atoms with E-state index < -0.39 is 0 Å². The Bertz CT molecular complexity index is 401. The largest absolute Gasteiger partial charge is 0.326 e. The van der Waals surface area contributed by atoms with Crippen LogP contribution in [0.15, 0.2) is 24.5 Å². The van der Waals surface area contributed by atoms with E-state index in [0.29, 0.717) is 12.1 Å². The van der Waals surface area contributed by atoms with Crippen LogP contribution in [0.4, 0.5) is 0 Å². The van der Waals surface area contributed by atoms with E-state index in [1.807, 2.05) is 12.4 Å². The Morgan fingerprint density at radius 3 is 2.14 bits per heavy atom. The molecule has 118 valence electrons. The number of nitrogens with zero attached hydrogens (tertiary/aromatic N) is 3. The van der Waals surface area contributed by atoms with Crippen LogP contribution in [0.5, 0.6) is 0 Å². The summed E-state index contributed by atoms with van der Waals surface area (Å²) in [7, 11) is 0. The Morgan fingerprint density at radius 2 is 1.62 bits per heavy atom. The number of aromatic nitrogens is 1. The van der Waals surface area contributed by atoms with Crippen molar-refractivity contribution < 1.29 is 0 Å². The maximum Gasteiger partial charge on any atom is 0.0501 e. The van der Waals surface area contributed by atoms with E-state index >= 15 is 0 Å². The van der Waals surface area contributed by atoms with E-state index in [2.05, 4.69) is 47.7 Å². The van der Waals surface area contributed by atoms with Gasteiger partial charge in [0, 0.05) is 50.7 Å². The first-order valence-electron chi connectivity index (χ1n) is 8.31. The molecule has 0 bridgehead atoms. The van der Waals surface area contributed by atoms with Gasteiger partial charge >= 0.3 is 0 Å². The van der Waals surface area contributed by atoms with E-state index in [4.69, 9.17) is 5.73 Å². The summed E-state index contributed by atoms with van der Waals surface area (Å²) < 4.78 is 0. The van der Waals surface area contributed by atoms with Crippen molar-refractivity contribution in [1.29, 1.82) is 0 Å². The van der Waals surface area contributed by atoms with Gasteiger partial charge in [0.1, 0.15) is 0 Å². The van der Waals surface area contributed by atoms with E-state index in [9.17, 15) is 0 Å². The average Bonchev–Trinajstić information content (AvgIpc) is 2.55. The highest BCUT2D eigenvalue weighted by Gasteiger charge is 2.29. The Balaban J connectivity index is 2.06. The van der Waals surface area contributed by atoms with Crippen LogP contribution in [-0.4, -0.2) is 53.0 Å². The van der Waals surface area contributed by atoms with Crippen molar-refractivity contribution in [3.05, 3.63) is 30.1 Å². The van der Waals surface area contributed by atoms with E-state index in [1.165, 1.54) is 12.0 Å². The molecule has 4 nitrogen and oxygen atoms in total. The van der Waals surface area contributed by atoms with Crippen molar-refractivity contribution in [2.45, 2.75) is 51.7 Å². The Morgan fingerprint density at radius 1 is 1.05 bits per heavy atom. The summed E-state index contributed by atoms with van der Waals surface area (Å²) >= 11 is 0. The summed E-state index contributed by atoms with van der Waals surface area (Å²) in [5.41, 5.74) is 7.73. The summed E-state index contributed by atoms with van der Waals surface area (Å²) in [6.45, 7) is 11.3. The van der Waals surface area contributed by atoms with Crippen molar-refractivity contribution in [1.82, 2.24) is 14.8 Å². The first-order valence-corrected chi connectivity index (χ1v) is 8.31. The van der Waals surface area contributed by atoms with Gasteiger partial charge in [-0.1, -0.05) is 13.8 Å². The predicted octanol–water partition coefficient (Wildman–Crippen LogP) is 2.28. The second kappa shape index (κ2) is 7.87. The Kier molecular flexibility index (Phi) is 6.15. The highest BCUT2D eigenvalue weighted by Crippen LogP contribution is 2.26. The van der Waals surface area contributed by atoms with Crippen molar-refractivity contribution in [3.63, 3.8) is 0 Å². The number of hydrogen-bond donors (Lipinski definition) is 1. The smallest absolute Gasteiger partial charge is 0.0501 e. The highest BCUT2D eigenvalue weighted by atomic mass is 15.3. The monoisotopic (exact) mass is 290 g/mol. The summed E-state index contributed by atoms with van der Waals surface area (Å²) in [6.07, 6.45) is 5.97. The van der Waals surface area contributed by atoms with Crippen molar-refractivity contribution in [2.75, 3.05) is 26.2 Å². The maximum absolute atomic E-state index is 6.43. The summed E-state index contributed by atoms with van der Waals surface area (Å²) in [4.78, 5) is 9.29. The number of rotatable bonds is 6. The maximum atomic E-state index is 6.43. The molecule has 0 amide bonds. The number of nitrogens with two attached hydrogens (primary N) is 1. The van der Waals surface area contributed by atoms with Crippen LogP contribution < -0.4 is 5.73 Å². The minimum atomic E-state index is 0.183. The third-order valence-electron chi connectivity index (χ3n) is 4.88. The van der Waals surface area contributed by atoms with E-state index in [1.54, 1.807) is 0 Å². The normalized spacial score (nSPS) is 21.9. The fraction of sp³-hybridized carbons (Fsp3) is 0.706. The Hall–Kier alpha value is -0.970. The van der Waals surface area contributed by atoms with Crippen LogP contribution in [-0.2, 0) is 0 Å². The molecule has 3 unspecified atom stereocenters. The minimum Gasteiger partial charge on any atom is -0.326 e. The van der Waals surface area contributed by atoms with Crippen molar-refractivity contribution in [3.8, 4) is 0 Å². The van der Waals surface area contributed by atoms with Crippen molar-refractivity contribution >= 4 is 0 Å². The van der Waals surface area contributed by atoms with Gasteiger partial charge in [0.05, 0.1) is 6.04 Å². The molecule has 2 heterocycles. The lowest BCUT2D eigenvalue weighted by Crippen LogP contribution is -2.53. The fourth-order valence-corrected chi connectivity index (χ4v) is 3.23. The molecule has 1 saturated heterocycles. The molecule has 2 N–H and O–H groups in total. The first-order chi connectivity index (χ1) is 10.2. The third-order valence-corrected chi connectivity index (χ3v) is 4.88. The molecule has 1 fully saturated rings. The third kappa shape index (κ3) is 4.02. The lowest BCUT2D eigenvalue weighted by atomic mass is 9.96. The number of piperazine rings is 1. The standard InChI is InChI=1S/C17H30N4/c1-4-14(3)20-10-12-21(13-11-20)17(16(18)5-2)15-6-8-19-9-7-15/h6-9,14,16-17H,4-5,10-13,18H2,1-3H3. The zero-order chi connectivity index (χ0) is 15.2. The summed E-state index contributed by atoms with van der Waals surface area (Å²) in [6, 6.07) is 5.41. The molecule has 0 aliphatic carbocycles. The second-order valence-electron chi connectivity index (χ2n) is 6.13. The van der Waals surface area contributed by atoms with Gasteiger partial charge in [-0.3, -0.25) is 14.8 Å². The zero-order valence-corrected chi connectivity index (χ0v) is 13.7. The number of pyridine rings is 1. The molecule has 3 atom stereocenters. The number of hydrogen-bond acceptors (Lipinski definition) is 4. The molecule has 1 aromatic rings. The minimum absolute atomic E-state index is 0.183. The average molecular weight is 290 g/mol. The molecule has 0 saturated carbocycles. The van der Waals surface area contributed by atoms with Crippen LogP contribution in [0.1, 0.15) is 45.2 Å². The van der Waals surface area contributed by atoms with E-state index in [-0.39, 0.29) is 6.04 Å². The van der Waals surface area contributed by atoms with Crippen LogP contribution in [0, 0.1) is 0 Å². The molecule has 1 aliphatic rings. The Labute approximate surface area is 129 Å². The van der Waals surface area contributed by atoms with Gasteiger partial charge in [-0.2, -0.15) is 0 Å². The molecule has 0 aromatic carbocycles. The van der Waals surface area contributed by atoms with Gasteiger partial charge in [0.2, 0.25) is 0 Å². The van der Waals surface area contributed by atoms with Gasteiger partial charge < -0.3 is 5.73 Å². The molecule has 1 aliphatic heterocycles. The molecule has 21 heavy (non-hydrogen) atoms. The summed E-state index contributed by atoms with van der Waals surface area (Å²) in [5, 5.41) is 0. The summed E-state index contributed by atoms with van der Waals surface area (Å²) in [5.74, 6) is 0.